The number of ether oxygens (including phenoxy) is 1. The van der Waals surface area contributed by atoms with E-state index in [0.717, 1.165) is 25.2 Å². The Morgan fingerprint density at radius 1 is 1.21 bits per heavy atom. The van der Waals surface area contributed by atoms with Gasteiger partial charge in [-0.05, 0) is 42.5 Å². The van der Waals surface area contributed by atoms with Crippen molar-refractivity contribution in [2.45, 2.75) is 56.2 Å². The van der Waals surface area contributed by atoms with Gasteiger partial charge in [0, 0.05) is 44.4 Å². The van der Waals surface area contributed by atoms with E-state index in [9.17, 15) is 18.7 Å². The summed E-state index contributed by atoms with van der Waals surface area (Å²) >= 11 is 0. The molecule has 1 saturated carbocycles. The minimum Gasteiger partial charge on any atom is -0.495 e. The molecule has 1 aliphatic heterocycles. The lowest BCUT2D eigenvalue weighted by molar-refractivity contribution is -0.149. The number of hydrogen-bond donors (Lipinski definition) is 3. The predicted molar refractivity (Wildman–Crippen MR) is 126 cm³/mol. The molecule has 1 amide bonds. The van der Waals surface area contributed by atoms with E-state index in [2.05, 4.69) is 10.2 Å². The molecule has 1 unspecified atom stereocenters. The van der Waals surface area contributed by atoms with Gasteiger partial charge in [-0.1, -0.05) is 36.4 Å². The molecule has 1 heterocycles. The lowest BCUT2D eigenvalue weighted by Gasteiger charge is -2.37. The molecule has 2 aromatic rings. The molecular formula is C26H33F2N3O3. The Morgan fingerprint density at radius 2 is 1.91 bits per heavy atom. The zero-order valence-electron chi connectivity index (χ0n) is 19.5. The van der Waals surface area contributed by atoms with Gasteiger partial charge in [0.05, 0.1) is 12.8 Å². The van der Waals surface area contributed by atoms with Crippen molar-refractivity contribution in [1.82, 2.24) is 10.2 Å². The molecule has 2 aliphatic rings. The summed E-state index contributed by atoms with van der Waals surface area (Å²) < 4.78 is 33.3. The number of alkyl halides is 2. The number of amides is 1. The van der Waals surface area contributed by atoms with Crippen LogP contribution < -0.4 is 15.8 Å². The highest BCUT2D eigenvalue weighted by molar-refractivity contribution is 5.87. The maximum absolute atomic E-state index is 14.0. The normalized spacial score (nSPS) is 22.8. The van der Waals surface area contributed by atoms with E-state index in [1.54, 1.807) is 37.4 Å². The number of halogens is 2. The van der Waals surface area contributed by atoms with Gasteiger partial charge in [0.15, 0.2) is 5.60 Å². The number of nitrogens with one attached hydrogen (secondary N) is 1. The van der Waals surface area contributed by atoms with Gasteiger partial charge in [0.1, 0.15) is 5.75 Å². The second-order valence-electron chi connectivity index (χ2n) is 9.53. The van der Waals surface area contributed by atoms with E-state index >= 15 is 0 Å². The van der Waals surface area contributed by atoms with Crippen LogP contribution in [0, 0.1) is 5.92 Å². The fraction of sp³-hybridized carbons (Fsp3) is 0.500. The fourth-order valence-corrected chi connectivity index (χ4v) is 5.19. The fourth-order valence-electron chi connectivity index (χ4n) is 5.19. The van der Waals surface area contributed by atoms with Crippen molar-refractivity contribution in [1.29, 1.82) is 0 Å². The highest BCUT2D eigenvalue weighted by Gasteiger charge is 2.53. The number of carbonyl (C=O) groups excluding carboxylic acids is 1. The lowest BCUT2D eigenvalue weighted by atomic mass is 9.79. The number of methoxy groups -OCH3 is 1. The molecule has 4 rings (SSSR count). The maximum Gasteiger partial charge on any atom is 0.257 e. The second-order valence-corrected chi connectivity index (χ2v) is 9.53. The summed E-state index contributed by atoms with van der Waals surface area (Å²) in [5.74, 6) is -3.62. The van der Waals surface area contributed by atoms with Gasteiger partial charge in [-0.2, -0.15) is 0 Å². The smallest absolute Gasteiger partial charge is 0.257 e. The van der Waals surface area contributed by atoms with Crippen molar-refractivity contribution < 1.29 is 23.4 Å². The molecule has 8 heteroatoms. The molecule has 1 saturated heterocycles. The second kappa shape index (κ2) is 9.88. The number of nitrogens with zero attached hydrogens (tertiary/aromatic N) is 1. The van der Waals surface area contributed by atoms with E-state index in [1.165, 1.54) is 0 Å². The zero-order valence-corrected chi connectivity index (χ0v) is 19.5. The summed E-state index contributed by atoms with van der Waals surface area (Å²) in [4.78, 5) is 15.6. The monoisotopic (exact) mass is 473 g/mol. The highest BCUT2D eigenvalue weighted by atomic mass is 19.3. The topological polar surface area (TPSA) is 87.8 Å². The van der Waals surface area contributed by atoms with E-state index in [-0.39, 0.29) is 18.9 Å². The first-order valence-corrected chi connectivity index (χ1v) is 11.8. The van der Waals surface area contributed by atoms with Crippen molar-refractivity contribution in [2.75, 3.05) is 25.9 Å². The first-order chi connectivity index (χ1) is 16.2. The van der Waals surface area contributed by atoms with Crippen LogP contribution in [0.1, 0.15) is 43.2 Å². The third-order valence-corrected chi connectivity index (χ3v) is 7.18. The third-order valence-electron chi connectivity index (χ3n) is 7.18. The molecule has 34 heavy (non-hydrogen) atoms. The summed E-state index contributed by atoms with van der Waals surface area (Å²) in [6, 6.07) is 14.1. The van der Waals surface area contributed by atoms with Crippen molar-refractivity contribution in [3.05, 3.63) is 59.7 Å². The average molecular weight is 474 g/mol. The molecule has 1 aliphatic carbocycles. The highest BCUT2D eigenvalue weighted by Crippen LogP contribution is 2.47. The number of nitrogen functional groups attached to an aromatic ring is 1. The largest absolute Gasteiger partial charge is 0.495 e. The molecule has 0 aromatic heterocycles. The Hall–Kier alpha value is -2.71. The summed E-state index contributed by atoms with van der Waals surface area (Å²) in [6.45, 7) is 2.27. The Kier molecular flexibility index (Phi) is 7.09. The van der Waals surface area contributed by atoms with Gasteiger partial charge in [0.25, 0.3) is 5.91 Å². The number of piperidine rings is 1. The van der Waals surface area contributed by atoms with Gasteiger partial charge in [-0.15, -0.1) is 0 Å². The zero-order chi connectivity index (χ0) is 24.3. The molecule has 184 valence electrons. The first-order valence-electron chi connectivity index (χ1n) is 11.8. The number of likely N-dealkylation sites (tertiary alicyclic amines) is 1. The van der Waals surface area contributed by atoms with Crippen LogP contribution in [-0.4, -0.2) is 48.1 Å². The SMILES string of the molecule is COc1cc(CN2CCC(NC(=O)[C@](O)(c3ccccc3)C3CCC(F)(F)C3)CC2)ccc1N. The summed E-state index contributed by atoms with van der Waals surface area (Å²) in [6.07, 6.45) is 0.728. The Morgan fingerprint density at radius 3 is 2.53 bits per heavy atom. The van der Waals surface area contributed by atoms with Crippen LogP contribution in [0.5, 0.6) is 5.75 Å². The average Bonchev–Trinajstić information content (AvgIpc) is 3.21. The van der Waals surface area contributed by atoms with Gasteiger partial charge >= 0.3 is 0 Å². The van der Waals surface area contributed by atoms with Crippen molar-refractivity contribution in [3.63, 3.8) is 0 Å². The third kappa shape index (κ3) is 5.18. The Bertz CT molecular complexity index is 996. The molecule has 2 atom stereocenters. The van der Waals surface area contributed by atoms with Crippen LogP contribution in [0.3, 0.4) is 0 Å². The first kappa shape index (κ1) is 24.4. The molecule has 4 N–H and O–H groups in total. The van der Waals surface area contributed by atoms with Gasteiger partial charge < -0.3 is 20.9 Å². The number of carbonyl (C=O) groups is 1. The molecule has 2 fully saturated rings. The van der Waals surface area contributed by atoms with Crippen LogP contribution in [0.2, 0.25) is 0 Å². The van der Waals surface area contributed by atoms with E-state index in [4.69, 9.17) is 10.5 Å². The molecule has 2 aromatic carbocycles. The maximum atomic E-state index is 14.0. The minimum atomic E-state index is -2.86. The lowest BCUT2D eigenvalue weighted by Crippen LogP contribution is -2.54. The summed E-state index contributed by atoms with van der Waals surface area (Å²) in [5, 5.41) is 14.5. The number of hydrogen-bond acceptors (Lipinski definition) is 5. The van der Waals surface area contributed by atoms with Gasteiger partial charge in [-0.25, -0.2) is 8.78 Å². The van der Waals surface area contributed by atoms with E-state index in [0.29, 0.717) is 29.8 Å². The minimum absolute atomic E-state index is 0.106. The summed E-state index contributed by atoms with van der Waals surface area (Å²) in [5.41, 5.74) is 5.97. The molecule has 0 spiro atoms. The van der Waals surface area contributed by atoms with Gasteiger partial charge in [0.2, 0.25) is 5.92 Å². The van der Waals surface area contributed by atoms with Crippen LogP contribution in [-0.2, 0) is 16.9 Å². The van der Waals surface area contributed by atoms with Crippen LogP contribution in [0.25, 0.3) is 0 Å². The molecule has 0 bridgehead atoms. The Labute approximate surface area is 199 Å². The van der Waals surface area contributed by atoms with Crippen LogP contribution >= 0.6 is 0 Å². The molecule has 6 nitrogen and oxygen atoms in total. The van der Waals surface area contributed by atoms with Crippen molar-refractivity contribution >= 4 is 11.6 Å². The molecular weight excluding hydrogens is 440 g/mol. The number of benzene rings is 2. The summed E-state index contributed by atoms with van der Waals surface area (Å²) in [7, 11) is 1.59. The molecule has 0 radical (unpaired) electrons. The van der Waals surface area contributed by atoms with Crippen molar-refractivity contribution in [2.24, 2.45) is 5.92 Å². The van der Waals surface area contributed by atoms with E-state index in [1.807, 2.05) is 18.2 Å². The van der Waals surface area contributed by atoms with Crippen LogP contribution in [0.4, 0.5) is 14.5 Å². The number of anilines is 1. The van der Waals surface area contributed by atoms with Crippen LogP contribution in [0.15, 0.2) is 48.5 Å². The predicted octanol–water partition coefficient (Wildman–Crippen LogP) is 3.68. The standard InChI is InChI=1S/C26H33F2N3O3/c1-34-23-15-18(7-8-22(23)29)17-31-13-10-21(11-14-31)30-24(32)26(33,19-5-3-2-4-6-19)20-9-12-25(27,28)16-20/h2-8,15,20-21,33H,9-14,16-17,29H2,1H3,(H,30,32)/t20?,26-/m0/s1. The number of nitrogens with two attached hydrogens (primary N) is 1. The number of aliphatic hydroxyl groups is 1. The van der Waals surface area contributed by atoms with Crippen molar-refractivity contribution in [3.8, 4) is 5.75 Å². The van der Waals surface area contributed by atoms with E-state index < -0.39 is 29.8 Å². The number of rotatable bonds is 7. The Balaban J connectivity index is 1.39. The quantitative estimate of drug-likeness (QED) is 0.534. The van der Waals surface area contributed by atoms with Gasteiger partial charge in [-0.3, -0.25) is 9.69 Å².